The van der Waals surface area contributed by atoms with Gasteiger partial charge < -0.3 is 5.32 Å². The highest BCUT2D eigenvalue weighted by molar-refractivity contribution is 6.35. The molecule has 2 rings (SSSR count). The van der Waals surface area contributed by atoms with Crippen LogP contribution >= 0.6 is 23.2 Å². The maximum Gasteiger partial charge on any atom is 0.290 e. The topological polar surface area (TPSA) is 33.0 Å². The molecule has 110 valence electrons. The van der Waals surface area contributed by atoms with Crippen LogP contribution in [-0.4, -0.2) is 5.91 Å². The minimum Gasteiger partial charge on any atom is -0.319 e. The molecule has 0 aliphatic heterocycles. The van der Waals surface area contributed by atoms with Gasteiger partial charge in [0.15, 0.2) is 11.9 Å². The number of amides is 1. The van der Waals surface area contributed by atoms with Gasteiger partial charge in [-0.1, -0.05) is 30.1 Å². The van der Waals surface area contributed by atoms with Gasteiger partial charge in [0.1, 0.15) is 0 Å². The van der Waals surface area contributed by atoms with Crippen LogP contribution in [0.2, 0.25) is 10.0 Å². The van der Waals surface area contributed by atoms with Crippen molar-refractivity contribution in [3.8, 4) is 0 Å². The zero-order valence-electron chi connectivity index (χ0n) is 12.0. The second kappa shape index (κ2) is 6.92. The molecule has 0 aliphatic carbocycles. The van der Waals surface area contributed by atoms with Gasteiger partial charge in [-0.25, -0.2) is 0 Å². The van der Waals surface area contributed by atoms with Gasteiger partial charge in [-0.2, -0.15) is 4.57 Å². The minimum atomic E-state index is -0.138. The number of anilines is 1. The van der Waals surface area contributed by atoms with E-state index in [0.717, 1.165) is 12.1 Å². The lowest BCUT2D eigenvalue weighted by Gasteiger charge is -2.07. The highest BCUT2D eigenvalue weighted by Crippen LogP contribution is 2.25. The number of aromatic nitrogens is 1. The molecule has 1 N–H and O–H groups in total. The number of pyridine rings is 1. The van der Waals surface area contributed by atoms with Gasteiger partial charge in [-0.05, 0) is 30.7 Å². The third kappa shape index (κ3) is 4.19. The Hall–Kier alpha value is -1.58. The van der Waals surface area contributed by atoms with Crippen LogP contribution in [0.15, 0.2) is 36.5 Å². The molecule has 5 heteroatoms. The van der Waals surface area contributed by atoms with Crippen LogP contribution in [0.25, 0.3) is 0 Å². The molecule has 1 amide bonds. The lowest BCUT2D eigenvalue weighted by molar-refractivity contribution is -0.690. The molecule has 0 aliphatic rings. The molecule has 2 aromatic rings. The Bertz CT molecular complexity index is 671. The van der Waals surface area contributed by atoms with Crippen molar-refractivity contribution in [2.24, 2.45) is 0 Å². The maximum absolute atomic E-state index is 12.2. The summed E-state index contributed by atoms with van der Waals surface area (Å²) in [4.78, 5) is 12.2. The Morgan fingerprint density at radius 2 is 2.00 bits per heavy atom. The van der Waals surface area contributed by atoms with E-state index in [4.69, 9.17) is 23.2 Å². The second-order valence-corrected chi connectivity index (χ2v) is 5.68. The highest BCUT2D eigenvalue weighted by atomic mass is 35.5. The van der Waals surface area contributed by atoms with Crippen LogP contribution in [0, 0.1) is 6.92 Å². The number of carbonyl (C=O) groups excluding carboxylic acids is 1. The molecule has 1 aromatic carbocycles. The van der Waals surface area contributed by atoms with Crippen LogP contribution in [0.1, 0.15) is 18.2 Å². The van der Waals surface area contributed by atoms with Crippen LogP contribution < -0.4 is 9.88 Å². The monoisotopic (exact) mass is 323 g/mol. The molecular formula is C16H17Cl2N2O+. The second-order valence-electron chi connectivity index (χ2n) is 4.83. The summed E-state index contributed by atoms with van der Waals surface area (Å²) in [7, 11) is 0. The largest absolute Gasteiger partial charge is 0.319 e. The van der Waals surface area contributed by atoms with Crippen LogP contribution in [0.3, 0.4) is 0 Å². The van der Waals surface area contributed by atoms with Gasteiger partial charge in [0.25, 0.3) is 5.91 Å². The number of aryl methyl sites for hydroxylation is 2. The number of hydrogen-bond donors (Lipinski definition) is 1. The van der Waals surface area contributed by atoms with Gasteiger partial charge >= 0.3 is 0 Å². The van der Waals surface area contributed by atoms with Crippen molar-refractivity contribution in [1.29, 1.82) is 0 Å². The van der Waals surface area contributed by atoms with Gasteiger partial charge in [0.2, 0.25) is 6.54 Å². The predicted molar refractivity (Wildman–Crippen MR) is 85.8 cm³/mol. The molecule has 0 spiro atoms. The summed E-state index contributed by atoms with van der Waals surface area (Å²) in [6.07, 6.45) is 2.93. The molecule has 0 fully saturated rings. The van der Waals surface area contributed by atoms with Gasteiger partial charge in [0, 0.05) is 23.6 Å². The summed E-state index contributed by atoms with van der Waals surface area (Å²) >= 11 is 12.0. The highest BCUT2D eigenvalue weighted by Gasteiger charge is 2.14. The molecule has 1 aromatic heterocycles. The number of carbonyl (C=O) groups is 1. The van der Waals surface area contributed by atoms with Crippen molar-refractivity contribution in [2.45, 2.75) is 26.8 Å². The van der Waals surface area contributed by atoms with Crippen molar-refractivity contribution in [3.63, 3.8) is 0 Å². The number of halogens is 2. The van der Waals surface area contributed by atoms with E-state index >= 15 is 0 Å². The molecular weight excluding hydrogens is 307 g/mol. The molecule has 0 radical (unpaired) electrons. The van der Waals surface area contributed by atoms with Gasteiger partial charge in [-0.15, -0.1) is 0 Å². The Balaban J connectivity index is 2.13. The summed E-state index contributed by atoms with van der Waals surface area (Å²) in [6, 6.07) is 9.07. The molecule has 3 nitrogen and oxygen atoms in total. The summed E-state index contributed by atoms with van der Waals surface area (Å²) < 4.78 is 1.92. The minimum absolute atomic E-state index is 0.138. The average Bonchev–Trinajstić information content (AvgIpc) is 2.45. The molecule has 0 bridgehead atoms. The zero-order chi connectivity index (χ0) is 15.4. The first-order valence-corrected chi connectivity index (χ1v) is 7.49. The van der Waals surface area contributed by atoms with E-state index in [9.17, 15) is 4.79 Å². The van der Waals surface area contributed by atoms with Crippen molar-refractivity contribution in [3.05, 3.63) is 57.8 Å². The van der Waals surface area contributed by atoms with E-state index in [0.29, 0.717) is 15.7 Å². The fraction of sp³-hybridized carbons (Fsp3) is 0.250. The van der Waals surface area contributed by atoms with Crippen molar-refractivity contribution in [1.82, 2.24) is 0 Å². The van der Waals surface area contributed by atoms with Crippen molar-refractivity contribution < 1.29 is 9.36 Å². The first kappa shape index (κ1) is 15.8. The maximum atomic E-state index is 12.2. The third-order valence-corrected chi connectivity index (χ3v) is 3.80. The van der Waals surface area contributed by atoms with Crippen LogP contribution in [0.4, 0.5) is 5.69 Å². The number of hydrogen-bond acceptors (Lipinski definition) is 1. The number of nitrogens with one attached hydrogen (secondary N) is 1. The SMILES string of the molecule is CCc1ccc(C)[n+](CC(=O)Nc2cc(Cl)ccc2Cl)c1. The zero-order valence-corrected chi connectivity index (χ0v) is 13.5. The Morgan fingerprint density at radius 3 is 2.71 bits per heavy atom. The van der Waals surface area contributed by atoms with E-state index in [1.807, 2.05) is 23.8 Å². The molecule has 0 atom stereocenters. The first-order chi connectivity index (χ1) is 9.99. The summed E-state index contributed by atoms with van der Waals surface area (Å²) in [5.74, 6) is -0.138. The van der Waals surface area contributed by atoms with E-state index in [-0.39, 0.29) is 12.5 Å². The summed E-state index contributed by atoms with van der Waals surface area (Å²) in [5, 5.41) is 3.79. The quantitative estimate of drug-likeness (QED) is 0.853. The standard InChI is InChI=1S/C16H16Cl2N2O/c1-3-12-5-4-11(2)20(9-12)10-16(21)19-15-8-13(17)6-7-14(15)18/h4-9H,3,10H2,1-2H3/p+1. The molecule has 0 unspecified atom stereocenters. The number of rotatable bonds is 4. The van der Waals surface area contributed by atoms with Crippen molar-refractivity contribution in [2.75, 3.05) is 5.32 Å². The molecule has 1 heterocycles. The Kier molecular flexibility index (Phi) is 5.21. The number of nitrogens with zero attached hydrogens (tertiary/aromatic N) is 1. The lowest BCUT2D eigenvalue weighted by atomic mass is 10.2. The average molecular weight is 324 g/mol. The molecule has 0 saturated heterocycles. The Morgan fingerprint density at radius 1 is 1.24 bits per heavy atom. The Labute approximate surface area is 134 Å². The smallest absolute Gasteiger partial charge is 0.290 e. The summed E-state index contributed by atoms with van der Waals surface area (Å²) in [6.45, 7) is 4.29. The van der Waals surface area contributed by atoms with E-state index < -0.39 is 0 Å². The fourth-order valence-electron chi connectivity index (χ4n) is 1.99. The first-order valence-electron chi connectivity index (χ1n) is 6.73. The van der Waals surface area contributed by atoms with Gasteiger partial charge in [-0.3, -0.25) is 4.79 Å². The fourth-order valence-corrected chi connectivity index (χ4v) is 2.32. The van der Waals surface area contributed by atoms with Crippen LogP contribution in [-0.2, 0) is 17.8 Å². The van der Waals surface area contributed by atoms with Crippen molar-refractivity contribution >= 4 is 34.8 Å². The van der Waals surface area contributed by atoms with Crippen LogP contribution in [0.5, 0.6) is 0 Å². The molecule has 21 heavy (non-hydrogen) atoms. The van der Waals surface area contributed by atoms with Gasteiger partial charge in [0.05, 0.1) is 10.7 Å². The lowest BCUT2D eigenvalue weighted by Crippen LogP contribution is -2.43. The molecule has 0 saturated carbocycles. The predicted octanol–water partition coefficient (Wildman–Crippen LogP) is 3.79. The third-order valence-electron chi connectivity index (χ3n) is 3.24. The summed E-state index contributed by atoms with van der Waals surface area (Å²) in [5.41, 5.74) is 2.74. The normalized spacial score (nSPS) is 10.5. The number of benzene rings is 1. The van der Waals surface area contributed by atoms with E-state index in [1.165, 1.54) is 5.56 Å². The van der Waals surface area contributed by atoms with E-state index in [2.05, 4.69) is 18.3 Å². The van der Waals surface area contributed by atoms with E-state index in [1.54, 1.807) is 18.2 Å².